The molecule has 2 N–H and O–H groups in total. The lowest BCUT2D eigenvalue weighted by atomic mass is 10.1. The van der Waals surface area contributed by atoms with E-state index in [0.717, 1.165) is 0 Å². The van der Waals surface area contributed by atoms with E-state index < -0.39 is 6.10 Å². The summed E-state index contributed by atoms with van der Waals surface area (Å²) in [4.78, 5) is 4.70. The van der Waals surface area contributed by atoms with E-state index in [1.807, 2.05) is 6.26 Å². The Morgan fingerprint density at radius 2 is 2.00 bits per heavy atom. The molecule has 4 atom stereocenters. The summed E-state index contributed by atoms with van der Waals surface area (Å²) in [5.74, 6) is 0. The Bertz CT molecular complexity index is 205. The van der Waals surface area contributed by atoms with Crippen LogP contribution < -0.4 is 0 Å². The van der Waals surface area contributed by atoms with E-state index in [2.05, 4.69) is 0 Å². The van der Waals surface area contributed by atoms with Crippen LogP contribution in [0.15, 0.2) is 0 Å². The van der Waals surface area contributed by atoms with Gasteiger partial charge in [0.1, 0.15) is 18.3 Å². The van der Waals surface area contributed by atoms with Gasteiger partial charge in [-0.05, 0) is 6.26 Å². The lowest BCUT2D eigenvalue weighted by molar-refractivity contribution is -0.507. The predicted octanol–water partition coefficient (Wildman–Crippen LogP) is -0.104. The van der Waals surface area contributed by atoms with Gasteiger partial charge in [-0.15, -0.1) is 0 Å². The topological polar surface area (TPSA) is 71.4 Å². The number of rotatable bonds is 3. The van der Waals surface area contributed by atoms with Crippen LogP contribution >= 0.6 is 11.8 Å². The van der Waals surface area contributed by atoms with Crippen molar-refractivity contribution in [3.05, 3.63) is 0 Å². The Balaban J connectivity index is 1.94. The molecule has 0 spiro atoms. The minimum atomic E-state index is -0.438. The van der Waals surface area contributed by atoms with Crippen molar-refractivity contribution in [1.29, 1.82) is 0 Å². The standard InChI is InChI=1S/C7H13NO5S/c1-14-5-3-12-6-4(13-8(9)10)2-11-7(5)6/h4-7,9-10H,2-3H2,1H3/t4-,5+,6?,7?/m1/s1. The predicted molar refractivity (Wildman–Crippen MR) is 47.1 cm³/mol. The molecule has 14 heavy (non-hydrogen) atoms. The molecule has 0 aromatic rings. The summed E-state index contributed by atoms with van der Waals surface area (Å²) in [5, 5.41) is 17.0. The number of ether oxygens (including phenoxy) is 2. The van der Waals surface area contributed by atoms with Gasteiger partial charge in [-0.25, -0.2) is 4.84 Å². The third-order valence-electron chi connectivity index (χ3n) is 2.49. The molecule has 2 fully saturated rings. The number of hydrogen-bond acceptors (Lipinski definition) is 7. The van der Waals surface area contributed by atoms with E-state index in [-0.39, 0.29) is 17.6 Å². The number of thioether (sulfide) groups is 1. The number of nitrogens with zero attached hydrogens (tertiary/aromatic N) is 1. The van der Waals surface area contributed by atoms with Gasteiger partial charge in [-0.3, -0.25) is 10.4 Å². The van der Waals surface area contributed by atoms with Gasteiger partial charge in [-0.2, -0.15) is 11.8 Å². The zero-order chi connectivity index (χ0) is 10.1. The first-order chi connectivity index (χ1) is 6.72. The average molecular weight is 223 g/mol. The first-order valence-electron chi connectivity index (χ1n) is 4.33. The maximum atomic E-state index is 8.51. The minimum Gasteiger partial charge on any atom is -0.371 e. The molecule has 2 heterocycles. The van der Waals surface area contributed by atoms with Crippen molar-refractivity contribution in [3.63, 3.8) is 0 Å². The van der Waals surface area contributed by atoms with Crippen molar-refractivity contribution in [3.8, 4) is 0 Å². The summed E-state index contributed by atoms with van der Waals surface area (Å²) in [6, 6.07) is 0. The van der Waals surface area contributed by atoms with Crippen LogP contribution in [0.4, 0.5) is 0 Å². The smallest absolute Gasteiger partial charge is 0.136 e. The molecule has 0 amide bonds. The Labute approximate surface area is 85.6 Å². The lowest BCUT2D eigenvalue weighted by Gasteiger charge is -2.17. The van der Waals surface area contributed by atoms with Crippen molar-refractivity contribution in [2.45, 2.75) is 23.6 Å². The van der Waals surface area contributed by atoms with Crippen LogP contribution in [-0.2, 0) is 14.3 Å². The molecule has 82 valence electrons. The van der Waals surface area contributed by atoms with Gasteiger partial charge >= 0.3 is 0 Å². The van der Waals surface area contributed by atoms with E-state index >= 15 is 0 Å². The third-order valence-corrected chi connectivity index (χ3v) is 3.50. The second kappa shape index (κ2) is 4.31. The normalized spacial score (nSPS) is 42.0. The Kier molecular flexibility index (Phi) is 3.27. The van der Waals surface area contributed by atoms with Crippen molar-refractivity contribution < 1.29 is 24.7 Å². The summed E-state index contributed by atoms with van der Waals surface area (Å²) in [7, 11) is 0. The average Bonchev–Trinajstić information content (AvgIpc) is 2.67. The maximum Gasteiger partial charge on any atom is 0.136 e. The van der Waals surface area contributed by atoms with Crippen LogP contribution in [-0.4, -0.2) is 58.8 Å². The third kappa shape index (κ3) is 1.89. The molecule has 2 rings (SSSR count). The summed E-state index contributed by atoms with van der Waals surface area (Å²) in [6.07, 6.45) is 1.36. The molecular formula is C7H13NO5S. The quantitative estimate of drug-likeness (QED) is 0.647. The van der Waals surface area contributed by atoms with Crippen LogP contribution in [0.1, 0.15) is 0 Å². The second-order valence-electron chi connectivity index (χ2n) is 3.27. The highest BCUT2D eigenvalue weighted by molar-refractivity contribution is 7.99. The molecular weight excluding hydrogens is 210 g/mol. The Morgan fingerprint density at radius 3 is 2.64 bits per heavy atom. The van der Waals surface area contributed by atoms with Crippen molar-refractivity contribution >= 4 is 11.8 Å². The fourth-order valence-electron chi connectivity index (χ4n) is 1.84. The van der Waals surface area contributed by atoms with E-state index in [1.165, 1.54) is 0 Å². The number of fused-ring (bicyclic) bond motifs is 1. The number of hydrogen-bond donors (Lipinski definition) is 2. The summed E-state index contributed by atoms with van der Waals surface area (Å²) >= 11 is 1.69. The molecule has 0 aromatic carbocycles. The van der Waals surface area contributed by atoms with Crippen molar-refractivity contribution in [2.75, 3.05) is 19.5 Å². The molecule has 7 heteroatoms. The van der Waals surface area contributed by atoms with Crippen LogP contribution in [0, 0.1) is 0 Å². The molecule has 2 unspecified atom stereocenters. The van der Waals surface area contributed by atoms with E-state index in [0.29, 0.717) is 18.5 Å². The summed E-state index contributed by atoms with van der Waals surface area (Å²) < 4.78 is 10.9. The molecule has 0 aliphatic carbocycles. The Morgan fingerprint density at radius 1 is 1.29 bits per heavy atom. The molecule has 2 aliphatic heterocycles. The maximum absolute atomic E-state index is 8.51. The van der Waals surface area contributed by atoms with Crippen molar-refractivity contribution in [2.24, 2.45) is 0 Å². The summed E-state index contributed by atoms with van der Waals surface area (Å²) in [5.41, 5.74) is 0. The van der Waals surface area contributed by atoms with Crippen LogP contribution in [0.2, 0.25) is 0 Å². The Hall–Kier alpha value is 0.110. The van der Waals surface area contributed by atoms with Gasteiger partial charge in [0.05, 0.1) is 23.9 Å². The molecule has 0 aromatic heterocycles. The fourth-order valence-corrected chi connectivity index (χ4v) is 2.56. The molecule has 2 aliphatic rings. The first kappa shape index (κ1) is 10.6. The van der Waals surface area contributed by atoms with Gasteiger partial charge < -0.3 is 9.47 Å². The molecule has 0 radical (unpaired) electrons. The van der Waals surface area contributed by atoms with Gasteiger partial charge in [-0.1, -0.05) is 0 Å². The first-order valence-corrected chi connectivity index (χ1v) is 5.62. The van der Waals surface area contributed by atoms with Gasteiger partial charge in [0.15, 0.2) is 0 Å². The molecule has 2 saturated heterocycles. The van der Waals surface area contributed by atoms with Gasteiger partial charge in [0, 0.05) is 0 Å². The zero-order valence-electron chi connectivity index (χ0n) is 7.70. The van der Waals surface area contributed by atoms with E-state index in [4.69, 9.17) is 24.7 Å². The van der Waals surface area contributed by atoms with Crippen molar-refractivity contribution in [1.82, 2.24) is 5.39 Å². The highest BCUT2D eigenvalue weighted by Gasteiger charge is 2.48. The molecule has 0 bridgehead atoms. The second-order valence-corrected chi connectivity index (χ2v) is 4.34. The minimum absolute atomic E-state index is 0.00468. The molecule has 6 nitrogen and oxygen atoms in total. The SMILES string of the molecule is CS[C@H]1COC2C1OC[C@H]2ON(O)O. The van der Waals surface area contributed by atoms with E-state index in [1.54, 1.807) is 11.8 Å². The van der Waals surface area contributed by atoms with Crippen LogP contribution in [0.5, 0.6) is 0 Å². The van der Waals surface area contributed by atoms with E-state index in [9.17, 15) is 0 Å². The highest BCUT2D eigenvalue weighted by Crippen LogP contribution is 2.33. The van der Waals surface area contributed by atoms with Crippen LogP contribution in [0.3, 0.4) is 0 Å². The molecule has 0 saturated carbocycles. The fraction of sp³-hybridized carbons (Fsp3) is 1.00. The zero-order valence-corrected chi connectivity index (χ0v) is 8.51. The largest absolute Gasteiger partial charge is 0.371 e. The summed E-state index contributed by atoms with van der Waals surface area (Å²) in [6.45, 7) is 0.942. The highest BCUT2D eigenvalue weighted by atomic mass is 32.2. The monoisotopic (exact) mass is 223 g/mol. The van der Waals surface area contributed by atoms with Gasteiger partial charge in [0.25, 0.3) is 0 Å². The van der Waals surface area contributed by atoms with Crippen LogP contribution in [0.25, 0.3) is 0 Å². The lowest BCUT2D eigenvalue weighted by Crippen LogP contribution is -2.35. The van der Waals surface area contributed by atoms with Gasteiger partial charge in [0.2, 0.25) is 0 Å².